The Morgan fingerprint density at radius 3 is 2.68 bits per heavy atom. The highest BCUT2D eigenvalue weighted by molar-refractivity contribution is 5.76. The predicted molar refractivity (Wildman–Crippen MR) is 103 cm³/mol. The second-order valence-electron chi connectivity index (χ2n) is 6.25. The van der Waals surface area contributed by atoms with Crippen molar-refractivity contribution >= 4 is 5.91 Å². The number of carbonyl (C=O) groups excluding carboxylic acids is 1. The molecule has 1 atom stereocenters. The van der Waals surface area contributed by atoms with Gasteiger partial charge in [-0.05, 0) is 30.7 Å². The van der Waals surface area contributed by atoms with Crippen molar-refractivity contribution < 1.29 is 9.53 Å². The van der Waals surface area contributed by atoms with Gasteiger partial charge in [0.1, 0.15) is 18.9 Å². The number of amides is 1. The quantitative estimate of drug-likeness (QED) is 0.644. The topological polar surface area (TPSA) is 106 Å². The minimum Gasteiger partial charge on any atom is -0.489 e. The Morgan fingerprint density at radius 1 is 1.21 bits per heavy atom. The lowest BCUT2D eigenvalue weighted by Gasteiger charge is -2.15. The number of pyridine rings is 1. The first-order valence-electron chi connectivity index (χ1n) is 8.72. The van der Waals surface area contributed by atoms with Crippen LogP contribution < -0.4 is 21.3 Å². The maximum absolute atomic E-state index is 12.2. The highest BCUT2D eigenvalue weighted by Gasteiger charge is 2.11. The molecule has 0 aliphatic heterocycles. The Labute approximate surface area is 160 Å². The van der Waals surface area contributed by atoms with E-state index < -0.39 is 11.2 Å². The van der Waals surface area contributed by atoms with E-state index >= 15 is 0 Å². The molecule has 0 saturated carbocycles. The fraction of sp³-hybridized carbons (Fsp3) is 0.200. The molecule has 8 heteroatoms. The molecular weight excluding hydrogens is 360 g/mol. The van der Waals surface area contributed by atoms with Gasteiger partial charge in [-0.3, -0.25) is 24.1 Å². The van der Waals surface area contributed by atoms with E-state index in [2.05, 4.69) is 15.3 Å². The third-order valence-electron chi connectivity index (χ3n) is 4.10. The minimum atomic E-state index is -0.620. The molecule has 0 bridgehead atoms. The number of hydrogen-bond donors (Lipinski definition) is 2. The van der Waals surface area contributed by atoms with E-state index in [9.17, 15) is 14.4 Å². The van der Waals surface area contributed by atoms with Crippen molar-refractivity contribution in [2.45, 2.75) is 26.1 Å². The number of carbonyl (C=O) groups is 1. The summed E-state index contributed by atoms with van der Waals surface area (Å²) in [6.45, 7) is 2.10. The van der Waals surface area contributed by atoms with Gasteiger partial charge in [-0.2, -0.15) is 0 Å². The summed E-state index contributed by atoms with van der Waals surface area (Å²) >= 11 is 0. The van der Waals surface area contributed by atoms with Gasteiger partial charge in [0.15, 0.2) is 0 Å². The first-order valence-corrected chi connectivity index (χ1v) is 8.72. The van der Waals surface area contributed by atoms with Crippen molar-refractivity contribution in [1.82, 2.24) is 19.9 Å². The molecule has 0 radical (unpaired) electrons. The van der Waals surface area contributed by atoms with E-state index in [1.54, 1.807) is 12.4 Å². The summed E-state index contributed by atoms with van der Waals surface area (Å²) in [5.41, 5.74) is 0.756. The molecule has 3 rings (SSSR count). The third kappa shape index (κ3) is 5.16. The van der Waals surface area contributed by atoms with Crippen molar-refractivity contribution in [3.05, 3.63) is 93.0 Å². The monoisotopic (exact) mass is 380 g/mol. The molecule has 0 saturated heterocycles. The van der Waals surface area contributed by atoms with Crippen LogP contribution in [0.5, 0.6) is 5.75 Å². The van der Waals surface area contributed by atoms with Crippen molar-refractivity contribution in [3.63, 3.8) is 0 Å². The van der Waals surface area contributed by atoms with Gasteiger partial charge in [-0.1, -0.05) is 18.2 Å². The Morgan fingerprint density at radius 2 is 2.00 bits per heavy atom. The van der Waals surface area contributed by atoms with E-state index in [4.69, 9.17) is 4.74 Å². The van der Waals surface area contributed by atoms with Crippen molar-refractivity contribution in [2.24, 2.45) is 0 Å². The second kappa shape index (κ2) is 8.81. The van der Waals surface area contributed by atoms with Gasteiger partial charge >= 0.3 is 5.69 Å². The van der Waals surface area contributed by atoms with Gasteiger partial charge < -0.3 is 10.1 Å². The highest BCUT2D eigenvalue weighted by Crippen LogP contribution is 2.18. The summed E-state index contributed by atoms with van der Waals surface area (Å²) in [7, 11) is 0. The van der Waals surface area contributed by atoms with Gasteiger partial charge in [-0.15, -0.1) is 0 Å². The molecule has 0 aliphatic rings. The summed E-state index contributed by atoms with van der Waals surface area (Å²) in [5, 5.41) is 2.82. The maximum atomic E-state index is 12.2. The molecule has 8 nitrogen and oxygen atoms in total. The zero-order chi connectivity index (χ0) is 19.9. The summed E-state index contributed by atoms with van der Waals surface area (Å²) in [5.74, 6) is 0.379. The molecule has 144 valence electrons. The molecular formula is C20H20N4O4. The van der Waals surface area contributed by atoms with Crippen molar-refractivity contribution in [3.8, 4) is 5.75 Å². The number of aromatic nitrogens is 3. The van der Waals surface area contributed by atoms with E-state index in [0.717, 1.165) is 15.7 Å². The number of hydrogen-bond acceptors (Lipinski definition) is 5. The Balaban J connectivity index is 1.55. The van der Waals surface area contributed by atoms with Gasteiger partial charge in [-0.25, -0.2) is 4.79 Å². The Kier molecular flexibility index (Phi) is 6.01. The lowest BCUT2D eigenvalue weighted by molar-refractivity contribution is -0.122. The van der Waals surface area contributed by atoms with Crippen LogP contribution in [0.2, 0.25) is 0 Å². The fourth-order valence-electron chi connectivity index (χ4n) is 2.60. The van der Waals surface area contributed by atoms with E-state index in [1.807, 2.05) is 43.3 Å². The number of H-pyrrole nitrogens is 1. The van der Waals surface area contributed by atoms with Crippen molar-refractivity contribution in [1.29, 1.82) is 0 Å². The Hall–Kier alpha value is -3.68. The molecule has 2 aromatic heterocycles. The zero-order valence-corrected chi connectivity index (χ0v) is 15.3. The predicted octanol–water partition coefficient (Wildman–Crippen LogP) is 1.39. The molecule has 0 fully saturated rings. The van der Waals surface area contributed by atoms with Gasteiger partial charge in [0.2, 0.25) is 5.91 Å². The molecule has 0 spiro atoms. The van der Waals surface area contributed by atoms with E-state index in [1.165, 1.54) is 12.3 Å². The largest absolute Gasteiger partial charge is 0.489 e. The number of nitrogens with zero attached hydrogens (tertiary/aromatic N) is 2. The molecule has 3 aromatic rings. The molecule has 28 heavy (non-hydrogen) atoms. The molecule has 2 heterocycles. The van der Waals surface area contributed by atoms with Crippen LogP contribution in [0, 0.1) is 0 Å². The first-order chi connectivity index (χ1) is 13.5. The van der Waals surface area contributed by atoms with Gasteiger partial charge in [0.25, 0.3) is 5.56 Å². The number of aromatic amines is 1. The molecule has 1 amide bonds. The Bertz CT molecular complexity index is 1040. The standard InChI is InChI=1S/C20H20N4O4/c1-14(22-19(26)12-24-10-8-18(25)23-20(24)27)16-4-6-17(7-5-16)28-13-15-3-2-9-21-11-15/h2-11,14H,12-13H2,1H3,(H,22,26)(H,23,25,27). The van der Waals surface area contributed by atoms with Crippen LogP contribution in [0.1, 0.15) is 24.1 Å². The van der Waals surface area contributed by atoms with Crippen LogP contribution in [-0.2, 0) is 17.9 Å². The fourth-order valence-corrected chi connectivity index (χ4v) is 2.60. The highest BCUT2D eigenvalue weighted by atomic mass is 16.5. The van der Waals surface area contributed by atoms with Crippen LogP contribution in [-0.4, -0.2) is 20.4 Å². The van der Waals surface area contributed by atoms with Crippen LogP contribution >= 0.6 is 0 Å². The van der Waals surface area contributed by atoms with Gasteiger partial charge in [0, 0.05) is 30.2 Å². The molecule has 2 N–H and O–H groups in total. The number of ether oxygens (including phenoxy) is 1. The van der Waals surface area contributed by atoms with Crippen LogP contribution in [0.25, 0.3) is 0 Å². The average Bonchev–Trinajstić information content (AvgIpc) is 2.69. The smallest absolute Gasteiger partial charge is 0.328 e. The van der Waals surface area contributed by atoms with Crippen LogP contribution in [0.15, 0.2) is 70.6 Å². The third-order valence-corrected chi connectivity index (χ3v) is 4.10. The number of rotatable bonds is 7. The second-order valence-corrected chi connectivity index (χ2v) is 6.25. The normalized spacial score (nSPS) is 11.6. The van der Waals surface area contributed by atoms with E-state index in [-0.39, 0.29) is 18.5 Å². The van der Waals surface area contributed by atoms with Crippen molar-refractivity contribution in [2.75, 3.05) is 0 Å². The lowest BCUT2D eigenvalue weighted by Crippen LogP contribution is -2.36. The molecule has 0 aliphatic carbocycles. The van der Waals surface area contributed by atoms with Gasteiger partial charge in [0.05, 0.1) is 6.04 Å². The minimum absolute atomic E-state index is 0.174. The summed E-state index contributed by atoms with van der Waals surface area (Å²) < 4.78 is 6.85. The van der Waals surface area contributed by atoms with Crippen LogP contribution in [0.4, 0.5) is 0 Å². The van der Waals surface area contributed by atoms with Crippen LogP contribution in [0.3, 0.4) is 0 Å². The first kappa shape index (κ1) is 19.1. The SMILES string of the molecule is CC(NC(=O)Cn1ccc(=O)[nH]c1=O)c1ccc(OCc2cccnc2)cc1. The summed E-state index contributed by atoms with van der Waals surface area (Å²) in [4.78, 5) is 41.0. The van der Waals surface area contributed by atoms with E-state index in [0.29, 0.717) is 12.4 Å². The maximum Gasteiger partial charge on any atom is 0.328 e. The average molecular weight is 380 g/mol. The lowest BCUT2D eigenvalue weighted by atomic mass is 10.1. The number of nitrogens with one attached hydrogen (secondary N) is 2. The summed E-state index contributed by atoms with van der Waals surface area (Å²) in [6.07, 6.45) is 4.75. The molecule has 1 unspecified atom stereocenters. The summed E-state index contributed by atoms with van der Waals surface area (Å²) in [6, 6.07) is 12.1. The number of benzene rings is 1. The zero-order valence-electron chi connectivity index (χ0n) is 15.3. The molecule has 1 aromatic carbocycles.